The van der Waals surface area contributed by atoms with Crippen LogP contribution in [0.25, 0.3) is 0 Å². The van der Waals surface area contributed by atoms with Gasteiger partial charge < -0.3 is 10.6 Å². The fraction of sp³-hybridized carbons (Fsp3) is 0.462. The first kappa shape index (κ1) is 12.6. The van der Waals surface area contributed by atoms with Crippen molar-refractivity contribution < 1.29 is 4.79 Å². The minimum absolute atomic E-state index is 0.0803. The zero-order chi connectivity index (χ0) is 11.8. The molecule has 1 rings (SSSR count). The molecule has 0 fully saturated rings. The van der Waals surface area contributed by atoms with Gasteiger partial charge in [0.25, 0.3) is 0 Å². The van der Waals surface area contributed by atoms with E-state index in [9.17, 15) is 4.79 Å². The van der Waals surface area contributed by atoms with E-state index in [1.165, 1.54) is 0 Å². The molecule has 16 heavy (non-hydrogen) atoms. The Kier molecular flexibility index (Phi) is 5.40. The highest BCUT2D eigenvalue weighted by Crippen LogP contribution is 2.13. The van der Waals surface area contributed by atoms with Gasteiger partial charge in [0.15, 0.2) is 0 Å². The van der Waals surface area contributed by atoms with E-state index < -0.39 is 0 Å². The Balaban J connectivity index is 2.47. The summed E-state index contributed by atoms with van der Waals surface area (Å²) in [6, 6.07) is 7.81. The molecule has 1 amide bonds. The number of hydrogen-bond acceptors (Lipinski definition) is 2. The monoisotopic (exact) mass is 220 g/mol. The van der Waals surface area contributed by atoms with Gasteiger partial charge in [-0.3, -0.25) is 4.79 Å². The van der Waals surface area contributed by atoms with Crippen molar-refractivity contribution >= 4 is 17.3 Å². The molecule has 0 unspecified atom stereocenters. The smallest absolute Gasteiger partial charge is 0.224 e. The molecule has 0 atom stereocenters. The van der Waals surface area contributed by atoms with Crippen molar-refractivity contribution in [3.63, 3.8) is 0 Å². The second-order valence-electron chi connectivity index (χ2n) is 3.80. The molecule has 88 valence electrons. The van der Waals surface area contributed by atoms with Gasteiger partial charge in [-0.2, -0.15) is 0 Å². The Hall–Kier alpha value is -1.51. The van der Waals surface area contributed by atoms with Gasteiger partial charge in [0.05, 0.1) is 0 Å². The predicted octanol–water partition coefficient (Wildman–Crippen LogP) is 3.25. The standard InChI is InChI=1S/C13H20N2O/c1-3-5-13(16)15-12-8-6-11(7-9-12)14-10-4-2/h6-9,14H,3-5,10H2,1-2H3,(H,15,16). The first-order chi connectivity index (χ1) is 7.76. The van der Waals surface area contributed by atoms with Crippen LogP contribution in [0.15, 0.2) is 24.3 Å². The molecule has 2 N–H and O–H groups in total. The van der Waals surface area contributed by atoms with E-state index in [1.54, 1.807) is 0 Å². The number of rotatable bonds is 6. The molecule has 3 heteroatoms. The van der Waals surface area contributed by atoms with Crippen molar-refractivity contribution in [1.29, 1.82) is 0 Å². The molecule has 1 aromatic carbocycles. The third-order valence-electron chi connectivity index (χ3n) is 2.22. The molecular formula is C13H20N2O. The van der Waals surface area contributed by atoms with Gasteiger partial charge in [0.1, 0.15) is 0 Å². The van der Waals surface area contributed by atoms with E-state index in [0.29, 0.717) is 6.42 Å². The molecule has 0 bridgehead atoms. The maximum atomic E-state index is 11.3. The minimum Gasteiger partial charge on any atom is -0.385 e. The highest BCUT2D eigenvalue weighted by molar-refractivity contribution is 5.90. The molecule has 0 aliphatic heterocycles. The van der Waals surface area contributed by atoms with Crippen molar-refractivity contribution in [2.75, 3.05) is 17.2 Å². The lowest BCUT2D eigenvalue weighted by atomic mass is 10.2. The number of benzene rings is 1. The van der Waals surface area contributed by atoms with Crippen LogP contribution in [0.1, 0.15) is 33.1 Å². The van der Waals surface area contributed by atoms with E-state index in [1.807, 2.05) is 31.2 Å². The van der Waals surface area contributed by atoms with E-state index in [0.717, 1.165) is 30.8 Å². The summed E-state index contributed by atoms with van der Waals surface area (Å²) < 4.78 is 0. The first-order valence-electron chi connectivity index (χ1n) is 5.90. The quantitative estimate of drug-likeness (QED) is 0.772. The predicted molar refractivity (Wildman–Crippen MR) is 68.8 cm³/mol. The van der Waals surface area contributed by atoms with Crippen LogP contribution in [-0.4, -0.2) is 12.5 Å². The second kappa shape index (κ2) is 6.88. The number of hydrogen-bond donors (Lipinski definition) is 2. The van der Waals surface area contributed by atoms with Gasteiger partial charge >= 0.3 is 0 Å². The summed E-state index contributed by atoms with van der Waals surface area (Å²) in [6.07, 6.45) is 2.56. The summed E-state index contributed by atoms with van der Waals surface area (Å²) in [6.45, 7) is 5.10. The molecule has 0 aromatic heterocycles. The lowest BCUT2D eigenvalue weighted by Crippen LogP contribution is -2.10. The van der Waals surface area contributed by atoms with Crippen molar-refractivity contribution in [1.82, 2.24) is 0 Å². The molecule has 0 spiro atoms. The topological polar surface area (TPSA) is 41.1 Å². The third-order valence-corrected chi connectivity index (χ3v) is 2.22. The SMILES string of the molecule is CCCNc1ccc(NC(=O)CCC)cc1. The zero-order valence-electron chi connectivity index (χ0n) is 10.0. The van der Waals surface area contributed by atoms with Crippen LogP contribution in [0.5, 0.6) is 0 Å². The van der Waals surface area contributed by atoms with Gasteiger partial charge in [-0.25, -0.2) is 0 Å². The van der Waals surface area contributed by atoms with Crippen LogP contribution in [0.3, 0.4) is 0 Å². The number of amides is 1. The fourth-order valence-electron chi connectivity index (χ4n) is 1.39. The van der Waals surface area contributed by atoms with Gasteiger partial charge in [-0.05, 0) is 37.1 Å². The molecule has 0 aliphatic rings. The fourth-order valence-corrected chi connectivity index (χ4v) is 1.39. The van der Waals surface area contributed by atoms with E-state index >= 15 is 0 Å². The Labute approximate surface area is 97.2 Å². The van der Waals surface area contributed by atoms with Crippen LogP contribution in [0, 0.1) is 0 Å². The van der Waals surface area contributed by atoms with Crippen LogP contribution in [0.4, 0.5) is 11.4 Å². The van der Waals surface area contributed by atoms with Crippen LogP contribution < -0.4 is 10.6 Å². The number of carbonyl (C=O) groups excluding carboxylic acids is 1. The average Bonchev–Trinajstić information content (AvgIpc) is 2.28. The van der Waals surface area contributed by atoms with Crippen molar-refractivity contribution in [2.45, 2.75) is 33.1 Å². The Bertz CT molecular complexity index is 319. The lowest BCUT2D eigenvalue weighted by Gasteiger charge is -2.07. The largest absolute Gasteiger partial charge is 0.385 e. The van der Waals surface area contributed by atoms with Crippen LogP contribution in [-0.2, 0) is 4.79 Å². The molecule has 0 saturated carbocycles. The summed E-state index contributed by atoms with van der Waals surface area (Å²) in [5, 5.41) is 6.15. The Morgan fingerprint density at radius 1 is 1.06 bits per heavy atom. The summed E-state index contributed by atoms with van der Waals surface area (Å²) >= 11 is 0. The molecule has 0 heterocycles. The number of nitrogens with one attached hydrogen (secondary N) is 2. The van der Waals surface area contributed by atoms with Crippen molar-refractivity contribution in [3.05, 3.63) is 24.3 Å². The van der Waals surface area contributed by atoms with Gasteiger partial charge in [-0.1, -0.05) is 13.8 Å². The Morgan fingerprint density at radius 2 is 1.69 bits per heavy atom. The van der Waals surface area contributed by atoms with E-state index in [2.05, 4.69) is 17.6 Å². The highest BCUT2D eigenvalue weighted by Gasteiger charge is 2.00. The summed E-state index contributed by atoms with van der Waals surface area (Å²) in [7, 11) is 0. The third kappa shape index (κ3) is 4.34. The summed E-state index contributed by atoms with van der Waals surface area (Å²) in [5.74, 6) is 0.0803. The molecule has 0 saturated heterocycles. The Morgan fingerprint density at radius 3 is 2.25 bits per heavy atom. The normalized spacial score (nSPS) is 9.88. The minimum atomic E-state index is 0.0803. The molecule has 3 nitrogen and oxygen atoms in total. The molecule has 1 aromatic rings. The second-order valence-corrected chi connectivity index (χ2v) is 3.80. The number of carbonyl (C=O) groups is 1. The van der Waals surface area contributed by atoms with Crippen molar-refractivity contribution in [2.24, 2.45) is 0 Å². The average molecular weight is 220 g/mol. The zero-order valence-corrected chi connectivity index (χ0v) is 10.0. The first-order valence-corrected chi connectivity index (χ1v) is 5.90. The lowest BCUT2D eigenvalue weighted by molar-refractivity contribution is -0.116. The molecule has 0 aliphatic carbocycles. The molecule has 0 radical (unpaired) electrons. The van der Waals surface area contributed by atoms with Crippen LogP contribution in [0.2, 0.25) is 0 Å². The summed E-state index contributed by atoms with van der Waals surface area (Å²) in [5.41, 5.74) is 1.95. The summed E-state index contributed by atoms with van der Waals surface area (Å²) in [4.78, 5) is 11.3. The van der Waals surface area contributed by atoms with Crippen LogP contribution >= 0.6 is 0 Å². The highest BCUT2D eigenvalue weighted by atomic mass is 16.1. The van der Waals surface area contributed by atoms with E-state index in [-0.39, 0.29) is 5.91 Å². The van der Waals surface area contributed by atoms with Gasteiger partial charge in [-0.15, -0.1) is 0 Å². The maximum absolute atomic E-state index is 11.3. The van der Waals surface area contributed by atoms with Crippen molar-refractivity contribution in [3.8, 4) is 0 Å². The van der Waals surface area contributed by atoms with Gasteiger partial charge in [0.2, 0.25) is 5.91 Å². The van der Waals surface area contributed by atoms with E-state index in [4.69, 9.17) is 0 Å². The number of anilines is 2. The van der Waals surface area contributed by atoms with Gasteiger partial charge in [0, 0.05) is 24.3 Å². The maximum Gasteiger partial charge on any atom is 0.224 e. The molecular weight excluding hydrogens is 200 g/mol.